The van der Waals surface area contributed by atoms with Crippen molar-refractivity contribution in [1.29, 1.82) is 0 Å². The van der Waals surface area contributed by atoms with Gasteiger partial charge in [-0.05, 0) is 54.6 Å². The highest BCUT2D eigenvalue weighted by Gasteiger charge is 2.13. The first-order valence-corrected chi connectivity index (χ1v) is 9.18. The van der Waals surface area contributed by atoms with Crippen LogP contribution in [0.5, 0.6) is 5.75 Å². The fourth-order valence-electron chi connectivity index (χ4n) is 3.12. The van der Waals surface area contributed by atoms with E-state index >= 15 is 0 Å². The molecule has 1 amide bonds. The zero-order valence-electron chi connectivity index (χ0n) is 15.9. The van der Waals surface area contributed by atoms with E-state index in [4.69, 9.17) is 9.15 Å². The normalized spacial score (nSPS) is 10.8. The summed E-state index contributed by atoms with van der Waals surface area (Å²) in [5.74, 6) is 1.37. The monoisotopic (exact) mass is 371 g/mol. The first-order chi connectivity index (χ1) is 13.6. The van der Waals surface area contributed by atoms with Crippen molar-refractivity contribution in [2.24, 2.45) is 0 Å². The number of nitrogens with one attached hydrogen (secondary N) is 1. The average Bonchev–Trinajstić information content (AvgIpc) is 3.19. The van der Waals surface area contributed by atoms with E-state index in [0.29, 0.717) is 5.76 Å². The Labute approximate surface area is 163 Å². The van der Waals surface area contributed by atoms with Gasteiger partial charge in [0, 0.05) is 11.1 Å². The maximum atomic E-state index is 12.5. The SMILES string of the molecule is Cc1cccc(NC(=O)c2ccc(COc3cccc4ccccc34)o2)c1C. The molecule has 28 heavy (non-hydrogen) atoms. The van der Waals surface area contributed by atoms with Crippen LogP contribution in [0, 0.1) is 13.8 Å². The molecule has 140 valence electrons. The molecule has 1 heterocycles. The highest BCUT2D eigenvalue weighted by atomic mass is 16.5. The van der Waals surface area contributed by atoms with E-state index in [9.17, 15) is 4.79 Å². The number of rotatable bonds is 5. The Hall–Kier alpha value is -3.53. The van der Waals surface area contributed by atoms with Crippen molar-refractivity contribution in [3.63, 3.8) is 0 Å². The second-order valence-corrected chi connectivity index (χ2v) is 6.73. The molecule has 0 saturated heterocycles. The Bertz CT molecular complexity index is 1140. The van der Waals surface area contributed by atoms with Crippen molar-refractivity contribution in [3.8, 4) is 5.75 Å². The van der Waals surface area contributed by atoms with Crippen LogP contribution in [0.3, 0.4) is 0 Å². The summed E-state index contributed by atoms with van der Waals surface area (Å²) in [4.78, 5) is 12.5. The van der Waals surface area contributed by atoms with E-state index < -0.39 is 0 Å². The van der Waals surface area contributed by atoms with E-state index in [-0.39, 0.29) is 18.3 Å². The van der Waals surface area contributed by atoms with Crippen LogP contribution in [0.2, 0.25) is 0 Å². The maximum Gasteiger partial charge on any atom is 0.291 e. The van der Waals surface area contributed by atoms with E-state index in [1.165, 1.54) is 0 Å². The average molecular weight is 371 g/mol. The molecule has 3 aromatic carbocycles. The Morgan fingerprint density at radius 2 is 1.71 bits per heavy atom. The Morgan fingerprint density at radius 3 is 2.61 bits per heavy atom. The summed E-state index contributed by atoms with van der Waals surface area (Å²) in [6, 6.07) is 23.2. The zero-order chi connectivity index (χ0) is 19.5. The number of hydrogen-bond donors (Lipinski definition) is 1. The minimum absolute atomic E-state index is 0.255. The lowest BCUT2D eigenvalue weighted by molar-refractivity contribution is 0.0992. The molecular weight excluding hydrogens is 350 g/mol. The van der Waals surface area contributed by atoms with Crippen LogP contribution in [0.4, 0.5) is 5.69 Å². The first kappa shape index (κ1) is 17.9. The number of furan rings is 1. The van der Waals surface area contributed by atoms with Crippen molar-refractivity contribution < 1.29 is 13.9 Å². The van der Waals surface area contributed by atoms with Gasteiger partial charge in [0.2, 0.25) is 0 Å². The highest BCUT2D eigenvalue weighted by Crippen LogP contribution is 2.26. The van der Waals surface area contributed by atoms with Crippen molar-refractivity contribution >= 4 is 22.4 Å². The molecule has 0 fully saturated rings. The van der Waals surface area contributed by atoms with Crippen LogP contribution in [0.15, 0.2) is 77.2 Å². The third kappa shape index (κ3) is 3.62. The Morgan fingerprint density at radius 1 is 0.929 bits per heavy atom. The minimum Gasteiger partial charge on any atom is -0.485 e. The summed E-state index contributed by atoms with van der Waals surface area (Å²) in [6.45, 7) is 4.25. The molecule has 1 N–H and O–H groups in total. The molecule has 0 unspecified atom stereocenters. The first-order valence-electron chi connectivity index (χ1n) is 9.18. The van der Waals surface area contributed by atoms with Crippen LogP contribution in [-0.2, 0) is 6.61 Å². The summed E-state index contributed by atoms with van der Waals surface area (Å²) in [5.41, 5.74) is 2.96. The second-order valence-electron chi connectivity index (χ2n) is 6.73. The van der Waals surface area contributed by atoms with Crippen molar-refractivity contribution in [1.82, 2.24) is 0 Å². The number of anilines is 1. The summed E-state index contributed by atoms with van der Waals surface area (Å²) in [6.07, 6.45) is 0. The number of aryl methyl sites for hydroxylation is 1. The lowest BCUT2D eigenvalue weighted by Gasteiger charge is -2.09. The van der Waals surface area contributed by atoms with Gasteiger partial charge in [-0.1, -0.05) is 48.5 Å². The maximum absolute atomic E-state index is 12.5. The van der Waals surface area contributed by atoms with Gasteiger partial charge in [-0.25, -0.2) is 0 Å². The van der Waals surface area contributed by atoms with Crippen LogP contribution in [0.1, 0.15) is 27.4 Å². The standard InChI is InChI=1S/C24H21NO3/c1-16-7-5-11-21(17(16)2)25-24(26)23-14-13-19(28-23)15-27-22-12-6-9-18-8-3-4-10-20(18)22/h3-14H,15H2,1-2H3,(H,25,26). The molecular formula is C24H21NO3. The van der Waals surface area contributed by atoms with Gasteiger partial charge in [-0.15, -0.1) is 0 Å². The van der Waals surface area contributed by atoms with Gasteiger partial charge in [0.25, 0.3) is 5.91 Å². The fraction of sp³-hybridized carbons (Fsp3) is 0.125. The summed E-state index contributed by atoms with van der Waals surface area (Å²) >= 11 is 0. The number of ether oxygens (including phenoxy) is 1. The van der Waals surface area contributed by atoms with E-state index in [1.807, 2.05) is 74.5 Å². The van der Waals surface area contributed by atoms with Crippen molar-refractivity contribution in [3.05, 3.63) is 95.4 Å². The van der Waals surface area contributed by atoms with E-state index in [2.05, 4.69) is 5.32 Å². The molecule has 0 saturated carbocycles. The van der Waals surface area contributed by atoms with Gasteiger partial charge in [0.15, 0.2) is 5.76 Å². The molecule has 0 bridgehead atoms. The Balaban J connectivity index is 1.45. The van der Waals surface area contributed by atoms with Crippen LogP contribution in [-0.4, -0.2) is 5.91 Å². The largest absolute Gasteiger partial charge is 0.485 e. The number of carbonyl (C=O) groups is 1. The number of benzene rings is 3. The minimum atomic E-state index is -0.273. The van der Waals surface area contributed by atoms with Gasteiger partial charge in [-0.3, -0.25) is 4.79 Å². The zero-order valence-corrected chi connectivity index (χ0v) is 15.9. The van der Waals surface area contributed by atoms with Gasteiger partial charge < -0.3 is 14.5 Å². The van der Waals surface area contributed by atoms with Gasteiger partial charge in [0.1, 0.15) is 18.1 Å². The summed E-state index contributed by atoms with van der Waals surface area (Å²) < 4.78 is 11.6. The number of carbonyl (C=O) groups excluding carboxylic acids is 1. The second kappa shape index (κ2) is 7.61. The fourth-order valence-corrected chi connectivity index (χ4v) is 3.12. The molecule has 4 rings (SSSR count). The predicted molar refractivity (Wildman–Crippen MR) is 111 cm³/mol. The quantitative estimate of drug-likeness (QED) is 0.476. The third-order valence-electron chi connectivity index (χ3n) is 4.86. The van der Waals surface area contributed by atoms with Crippen LogP contribution in [0.25, 0.3) is 10.8 Å². The topological polar surface area (TPSA) is 51.5 Å². The van der Waals surface area contributed by atoms with Gasteiger partial charge in [0.05, 0.1) is 0 Å². The highest BCUT2D eigenvalue weighted by molar-refractivity contribution is 6.02. The van der Waals surface area contributed by atoms with Crippen molar-refractivity contribution in [2.45, 2.75) is 20.5 Å². The molecule has 0 aliphatic rings. The summed E-state index contributed by atoms with van der Waals surface area (Å²) in [5, 5.41) is 5.07. The number of hydrogen-bond acceptors (Lipinski definition) is 3. The van der Waals surface area contributed by atoms with Crippen molar-refractivity contribution in [2.75, 3.05) is 5.32 Å². The van der Waals surface area contributed by atoms with Gasteiger partial charge >= 0.3 is 0 Å². The lowest BCUT2D eigenvalue weighted by Crippen LogP contribution is -2.12. The molecule has 0 aliphatic heterocycles. The van der Waals surface area contributed by atoms with E-state index in [1.54, 1.807) is 12.1 Å². The van der Waals surface area contributed by atoms with Gasteiger partial charge in [-0.2, -0.15) is 0 Å². The molecule has 4 aromatic rings. The molecule has 0 atom stereocenters. The molecule has 4 heteroatoms. The Kier molecular flexibility index (Phi) is 4.85. The lowest BCUT2D eigenvalue weighted by atomic mass is 10.1. The number of amides is 1. The van der Waals surface area contributed by atoms with Crippen LogP contribution < -0.4 is 10.1 Å². The molecule has 1 aromatic heterocycles. The van der Waals surface area contributed by atoms with Crippen LogP contribution >= 0.6 is 0 Å². The number of fused-ring (bicyclic) bond motifs is 1. The predicted octanol–water partition coefficient (Wildman–Crippen LogP) is 5.88. The third-order valence-corrected chi connectivity index (χ3v) is 4.86. The van der Waals surface area contributed by atoms with E-state index in [0.717, 1.165) is 33.3 Å². The molecule has 0 spiro atoms. The summed E-state index contributed by atoms with van der Waals surface area (Å²) in [7, 11) is 0. The molecule has 0 radical (unpaired) electrons. The molecule has 4 nitrogen and oxygen atoms in total. The smallest absolute Gasteiger partial charge is 0.291 e. The molecule has 0 aliphatic carbocycles.